The van der Waals surface area contributed by atoms with Crippen molar-refractivity contribution >= 4 is 5.78 Å². The van der Waals surface area contributed by atoms with E-state index in [2.05, 4.69) is 45.3 Å². The van der Waals surface area contributed by atoms with Gasteiger partial charge in [0.05, 0.1) is 17.1 Å². The molecule has 0 saturated heterocycles. The van der Waals surface area contributed by atoms with Crippen LogP contribution in [0.1, 0.15) is 58.6 Å². The second-order valence-corrected chi connectivity index (χ2v) is 14.7. The van der Waals surface area contributed by atoms with Gasteiger partial charge in [0.2, 0.25) is 0 Å². The molecule has 0 saturated carbocycles. The van der Waals surface area contributed by atoms with E-state index in [9.17, 15) is 19.4 Å². The number of aliphatic hydroxyl groups is 3. The normalized spacial score (nSPS) is 12.5. The third kappa shape index (κ3) is 11.7. The van der Waals surface area contributed by atoms with E-state index in [4.69, 9.17) is 5.11 Å². The predicted molar refractivity (Wildman–Crippen MR) is 242 cm³/mol. The topological polar surface area (TPSA) is 116 Å². The molecule has 0 aliphatic heterocycles. The van der Waals surface area contributed by atoms with Crippen LogP contribution in [0.2, 0.25) is 0 Å². The van der Waals surface area contributed by atoms with Crippen molar-refractivity contribution < 1.29 is 64.7 Å². The molecule has 64 heavy (non-hydrogen) atoms. The van der Waals surface area contributed by atoms with Crippen LogP contribution in [0.3, 0.4) is 0 Å². The largest absolute Gasteiger partial charge is 0.512 e. The number of ketones is 1. The van der Waals surface area contributed by atoms with Gasteiger partial charge in [0.15, 0.2) is 17.0 Å². The number of rotatable bonds is 3. The molecule has 328 valence electrons. The summed E-state index contributed by atoms with van der Waals surface area (Å²) in [6, 6.07) is 54.3. The first-order valence-corrected chi connectivity index (χ1v) is 20.0. The molecule has 0 fully saturated rings. The molecular weight excluding hydrogens is 1160 g/mol. The van der Waals surface area contributed by atoms with Gasteiger partial charge in [-0.3, -0.25) is 24.1 Å². The van der Waals surface area contributed by atoms with Gasteiger partial charge in [-0.05, 0) is 85.0 Å². The molecule has 8 aromatic rings. The van der Waals surface area contributed by atoms with Gasteiger partial charge < -0.3 is 15.3 Å². The van der Waals surface area contributed by atoms with Crippen molar-refractivity contribution in [1.82, 2.24) is 15.0 Å². The van der Waals surface area contributed by atoms with E-state index in [-0.39, 0.29) is 57.6 Å². The fourth-order valence-corrected chi connectivity index (χ4v) is 7.40. The summed E-state index contributed by atoms with van der Waals surface area (Å²) in [6.45, 7) is 6.72. The molecule has 3 N–H and O–H groups in total. The Morgan fingerprint density at radius 1 is 0.547 bits per heavy atom. The Balaban J connectivity index is 0.000000190. The van der Waals surface area contributed by atoms with E-state index < -0.39 is 11.2 Å². The monoisotopic (exact) mass is 1210 g/mol. The summed E-state index contributed by atoms with van der Waals surface area (Å²) in [5.41, 5.74) is 9.11. The number of hydrogen-bond donors (Lipinski definition) is 3. The van der Waals surface area contributed by atoms with Gasteiger partial charge in [-0.2, -0.15) is 17.7 Å². The predicted octanol–water partition coefficient (Wildman–Crippen LogP) is 11.0. The van der Waals surface area contributed by atoms with Crippen LogP contribution in [0.4, 0.5) is 4.39 Å². The van der Waals surface area contributed by atoms with Crippen LogP contribution >= 0.6 is 0 Å². The van der Waals surface area contributed by atoms with Gasteiger partial charge >= 0.3 is 0 Å². The third-order valence-corrected chi connectivity index (χ3v) is 10.1. The molecule has 3 heterocycles. The molecule has 10 rings (SSSR count). The Hall–Kier alpha value is -6.09. The van der Waals surface area contributed by atoms with Crippen LogP contribution < -0.4 is 0 Å². The van der Waals surface area contributed by atoms with Crippen LogP contribution in [0.15, 0.2) is 200 Å². The smallest absolute Gasteiger partial charge is 0.158 e. The molecular formula is C54H47FIr2N3O4-. The van der Waals surface area contributed by atoms with Gasteiger partial charge in [-0.1, -0.05) is 116 Å². The second-order valence-electron chi connectivity index (χ2n) is 14.7. The van der Waals surface area contributed by atoms with Crippen LogP contribution in [0.5, 0.6) is 0 Å². The number of fused-ring (bicyclic) bond motifs is 6. The minimum Gasteiger partial charge on any atom is -0.512 e. The number of hydrogen-bond acceptors (Lipinski definition) is 7. The molecule has 0 unspecified atom stereocenters. The van der Waals surface area contributed by atoms with Gasteiger partial charge in [-0.25, -0.2) is 0 Å². The average molecular weight is 1210 g/mol. The number of carbonyl (C=O) groups excluding carboxylic acids is 1. The van der Waals surface area contributed by atoms with Crippen LogP contribution in [0.25, 0.3) is 22.3 Å². The zero-order valence-electron chi connectivity index (χ0n) is 35.6. The Labute approximate surface area is 401 Å². The second kappa shape index (κ2) is 23.6. The number of nitrogens with zero attached hydrogens (tertiary/aromatic N) is 3. The van der Waals surface area contributed by atoms with E-state index in [1.165, 1.54) is 37.6 Å². The fraction of sp³-hybridized carbons (Fsp3) is 0.111. The van der Waals surface area contributed by atoms with Crippen LogP contribution in [-0.2, 0) is 56.2 Å². The molecule has 0 amide bonds. The number of carbonyl (C=O) groups is 1. The first-order valence-electron chi connectivity index (χ1n) is 20.0. The number of benzene rings is 5. The maximum Gasteiger partial charge on any atom is 0.158 e. The number of allylic oxidation sites excluding steroid dienone is 2. The minimum absolute atomic E-state index is 0. The molecule has 10 heteroatoms. The van der Waals surface area contributed by atoms with Crippen LogP contribution in [-0.4, -0.2) is 36.1 Å². The van der Waals surface area contributed by atoms with Crippen molar-refractivity contribution in [2.24, 2.45) is 0 Å². The van der Waals surface area contributed by atoms with Crippen LogP contribution in [0, 0.1) is 25.7 Å². The SMILES string of the molecule is CC(=O)C=C(C)O.Cc1c[c-]cc(F)c1.Cc1ccncc1.OC1(c2ccccn2)c2ccccc2-c2ccccc21.OC1(c2ccccn2)c2ccccc2-c2ccccc21.[Ir].[Ir]. The fourth-order valence-electron chi connectivity index (χ4n) is 7.40. The Morgan fingerprint density at radius 2 is 0.922 bits per heavy atom. The maximum absolute atomic E-state index is 12.1. The Morgan fingerprint density at radius 3 is 1.17 bits per heavy atom. The molecule has 7 nitrogen and oxygen atoms in total. The van der Waals surface area contributed by atoms with E-state index >= 15 is 0 Å². The third-order valence-electron chi connectivity index (χ3n) is 10.1. The van der Waals surface area contributed by atoms with Gasteiger partial charge in [0.25, 0.3) is 0 Å². The molecule has 2 radical (unpaired) electrons. The molecule has 0 bridgehead atoms. The number of halogens is 1. The van der Waals surface area contributed by atoms with Crippen molar-refractivity contribution in [3.8, 4) is 22.3 Å². The Kier molecular flexibility index (Phi) is 18.6. The van der Waals surface area contributed by atoms with E-state index in [0.717, 1.165) is 50.1 Å². The quantitative estimate of drug-likeness (QED) is 0.0917. The first kappa shape index (κ1) is 50.6. The standard InChI is InChI=1S/2C18H13NO.C7H6F.C6H7N.C5H8O2.2Ir/c2*20-18(17-11-5-6-12-19-17)15-9-3-1-7-13(15)14-8-2-4-10-16(14)18;1-6-3-2-4-7(8)5-6;1-6-2-4-7-5-3-6;1-4(6)3-5(2)7;;/h2*1-12,20H;3-5H,1H3;2-5H,1H3;3,6H,1-2H3;;/q;;-1;;;;. The summed E-state index contributed by atoms with van der Waals surface area (Å²) in [5, 5.41) is 31.2. The maximum atomic E-state index is 12.1. The summed E-state index contributed by atoms with van der Waals surface area (Å²) in [6.07, 6.45) is 8.18. The summed E-state index contributed by atoms with van der Waals surface area (Å²) in [5.74, 6) is -0.280. The molecule has 0 atom stereocenters. The summed E-state index contributed by atoms with van der Waals surface area (Å²) in [7, 11) is 0. The molecule has 2 aliphatic rings. The molecule has 0 spiro atoms. The first-order chi connectivity index (χ1) is 29.9. The van der Waals surface area contributed by atoms with Crippen molar-refractivity contribution in [3.63, 3.8) is 0 Å². The number of aliphatic hydroxyl groups excluding tert-OH is 1. The average Bonchev–Trinajstić information content (AvgIpc) is 3.71. The van der Waals surface area contributed by atoms with Gasteiger partial charge in [0, 0.05) is 99.1 Å². The van der Waals surface area contributed by atoms with E-state index in [1.54, 1.807) is 30.9 Å². The molecule has 3 aromatic heterocycles. The Bertz CT molecular complexity index is 2520. The van der Waals surface area contributed by atoms with Gasteiger partial charge in [0.1, 0.15) is 0 Å². The number of aryl methyl sites for hydroxylation is 2. The van der Waals surface area contributed by atoms with E-state index in [1.807, 2.05) is 135 Å². The van der Waals surface area contributed by atoms with Crippen molar-refractivity contribution in [2.75, 3.05) is 0 Å². The van der Waals surface area contributed by atoms with Gasteiger partial charge in [-0.15, -0.1) is 12.1 Å². The summed E-state index contributed by atoms with van der Waals surface area (Å²) in [4.78, 5) is 22.6. The number of pyridine rings is 3. The zero-order chi connectivity index (χ0) is 44.1. The zero-order valence-corrected chi connectivity index (χ0v) is 40.4. The summed E-state index contributed by atoms with van der Waals surface area (Å²) >= 11 is 0. The van der Waals surface area contributed by atoms with Crippen molar-refractivity contribution in [3.05, 3.63) is 257 Å². The number of aromatic nitrogens is 3. The van der Waals surface area contributed by atoms with E-state index in [0.29, 0.717) is 11.4 Å². The van der Waals surface area contributed by atoms with Crippen molar-refractivity contribution in [1.29, 1.82) is 0 Å². The minimum atomic E-state index is -1.16. The molecule has 2 aliphatic carbocycles. The van der Waals surface area contributed by atoms with Crippen molar-refractivity contribution in [2.45, 2.75) is 38.9 Å². The molecule has 5 aromatic carbocycles. The summed E-state index contributed by atoms with van der Waals surface area (Å²) < 4.78 is 12.1.